The number of rotatable bonds is 1. The highest BCUT2D eigenvalue weighted by Gasteiger charge is 2.09. The zero-order valence-corrected chi connectivity index (χ0v) is 9.68. The number of carbonyl (C=O) groups is 1. The van der Waals surface area contributed by atoms with Gasteiger partial charge in [-0.2, -0.15) is 0 Å². The number of carbonyl (C=O) groups excluding carboxylic acids is 1. The van der Waals surface area contributed by atoms with Crippen molar-refractivity contribution in [1.82, 2.24) is 0 Å². The average molecular weight is 230 g/mol. The molecule has 0 heterocycles. The van der Waals surface area contributed by atoms with Crippen LogP contribution in [0.5, 0.6) is 0 Å². The first-order valence-electron chi connectivity index (χ1n) is 6.00. The van der Waals surface area contributed by atoms with E-state index in [2.05, 4.69) is 36.4 Å². The molecule has 0 aliphatic carbocycles. The number of hydrogen-bond acceptors (Lipinski definition) is 1. The molecular formula is C17H10O. The second-order valence-electron chi connectivity index (χ2n) is 4.63. The monoisotopic (exact) mass is 230 g/mol. The van der Waals surface area contributed by atoms with E-state index in [-0.39, 0.29) is 0 Å². The lowest BCUT2D eigenvalue weighted by molar-refractivity contribution is 0.112. The third-order valence-electron chi connectivity index (χ3n) is 3.69. The van der Waals surface area contributed by atoms with Gasteiger partial charge in [0.05, 0.1) is 0 Å². The summed E-state index contributed by atoms with van der Waals surface area (Å²) in [6.07, 6.45) is 0.940. The summed E-state index contributed by atoms with van der Waals surface area (Å²) in [5, 5.41) is 7.10. The van der Waals surface area contributed by atoms with Crippen LogP contribution in [0.4, 0.5) is 0 Å². The molecule has 0 bridgehead atoms. The normalized spacial score (nSPS) is 11.6. The van der Waals surface area contributed by atoms with Crippen molar-refractivity contribution in [1.29, 1.82) is 0 Å². The number of aldehydes is 1. The number of hydrogen-bond donors (Lipinski definition) is 0. The summed E-state index contributed by atoms with van der Waals surface area (Å²) in [6, 6.07) is 18.6. The third-order valence-corrected chi connectivity index (χ3v) is 3.69. The predicted octanol–water partition coefficient (Wildman–Crippen LogP) is 4.40. The molecule has 0 saturated heterocycles. The lowest BCUT2D eigenvalue weighted by Gasteiger charge is -1.91. The predicted molar refractivity (Wildman–Crippen MR) is 75.5 cm³/mol. The van der Waals surface area contributed by atoms with Crippen molar-refractivity contribution < 1.29 is 4.79 Å². The van der Waals surface area contributed by atoms with E-state index in [1.54, 1.807) is 0 Å². The fraction of sp³-hybridized carbons (Fsp3) is 0. The molecule has 4 aromatic rings. The van der Waals surface area contributed by atoms with Crippen molar-refractivity contribution in [2.75, 3.05) is 0 Å². The van der Waals surface area contributed by atoms with Gasteiger partial charge in [0.25, 0.3) is 0 Å². The first kappa shape index (κ1) is 9.60. The van der Waals surface area contributed by atoms with Crippen molar-refractivity contribution in [3.63, 3.8) is 0 Å². The van der Waals surface area contributed by atoms with Crippen LogP contribution in [0.1, 0.15) is 10.4 Å². The third kappa shape index (κ3) is 1.08. The zero-order chi connectivity index (χ0) is 12.1. The summed E-state index contributed by atoms with van der Waals surface area (Å²) in [6.45, 7) is 0. The summed E-state index contributed by atoms with van der Waals surface area (Å²) in [4.78, 5) is 11.2. The van der Waals surface area contributed by atoms with E-state index in [1.807, 2.05) is 18.2 Å². The van der Waals surface area contributed by atoms with E-state index < -0.39 is 0 Å². The smallest absolute Gasteiger partial charge is 0.150 e. The molecule has 1 nitrogen and oxygen atoms in total. The molecule has 0 radical (unpaired) electrons. The van der Waals surface area contributed by atoms with Gasteiger partial charge < -0.3 is 0 Å². The molecule has 84 valence electrons. The molecule has 4 aromatic carbocycles. The Bertz CT molecular complexity index is 890. The van der Waals surface area contributed by atoms with Crippen LogP contribution in [0, 0.1) is 0 Å². The van der Waals surface area contributed by atoms with Gasteiger partial charge in [0.1, 0.15) is 0 Å². The lowest BCUT2D eigenvalue weighted by atomic mass is 10.1. The topological polar surface area (TPSA) is 17.1 Å². The van der Waals surface area contributed by atoms with Crippen LogP contribution in [0.3, 0.4) is 0 Å². The lowest BCUT2D eigenvalue weighted by Crippen LogP contribution is -1.74. The molecule has 0 aromatic heterocycles. The van der Waals surface area contributed by atoms with E-state index in [0.29, 0.717) is 0 Å². The van der Waals surface area contributed by atoms with E-state index in [4.69, 9.17) is 0 Å². The van der Waals surface area contributed by atoms with Gasteiger partial charge in [0, 0.05) is 5.56 Å². The largest absolute Gasteiger partial charge is 0.298 e. The zero-order valence-electron chi connectivity index (χ0n) is 9.68. The summed E-state index contributed by atoms with van der Waals surface area (Å²) in [5.41, 5.74) is 0.758. The summed E-state index contributed by atoms with van der Waals surface area (Å²) < 4.78 is 0. The first-order valence-corrected chi connectivity index (χ1v) is 6.00. The molecule has 0 N–H and O–H groups in total. The van der Waals surface area contributed by atoms with Crippen LogP contribution in [-0.2, 0) is 0 Å². The van der Waals surface area contributed by atoms with Gasteiger partial charge in [-0.15, -0.1) is 0 Å². The SMILES string of the molecule is O=Cc1ccc2ccc3cccc4ccc1c4c32. The Morgan fingerprint density at radius 1 is 0.667 bits per heavy atom. The second-order valence-corrected chi connectivity index (χ2v) is 4.63. The van der Waals surface area contributed by atoms with E-state index in [0.717, 1.165) is 17.2 Å². The Morgan fingerprint density at radius 2 is 1.28 bits per heavy atom. The maximum absolute atomic E-state index is 11.2. The van der Waals surface area contributed by atoms with Gasteiger partial charge in [0.15, 0.2) is 6.29 Å². The highest BCUT2D eigenvalue weighted by atomic mass is 16.1. The maximum Gasteiger partial charge on any atom is 0.150 e. The minimum atomic E-state index is 0.758. The standard InChI is InChI=1S/C17H10O/c18-10-14-7-6-13-5-4-11-2-1-3-12-8-9-15(14)17(12)16(11)13/h1-10H. The molecular weight excluding hydrogens is 220 g/mol. The molecule has 18 heavy (non-hydrogen) atoms. The molecule has 0 saturated carbocycles. The Morgan fingerprint density at radius 3 is 2.06 bits per heavy atom. The van der Waals surface area contributed by atoms with Crippen LogP contribution in [0.15, 0.2) is 54.6 Å². The summed E-state index contributed by atoms with van der Waals surface area (Å²) in [7, 11) is 0. The summed E-state index contributed by atoms with van der Waals surface area (Å²) >= 11 is 0. The second kappa shape index (κ2) is 3.30. The fourth-order valence-electron chi connectivity index (χ4n) is 2.86. The van der Waals surface area contributed by atoms with Crippen molar-refractivity contribution >= 4 is 38.6 Å². The van der Waals surface area contributed by atoms with E-state index in [9.17, 15) is 4.79 Å². The molecule has 0 fully saturated rings. The van der Waals surface area contributed by atoms with E-state index in [1.165, 1.54) is 26.9 Å². The Hall–Kier alpha value is -2.41. The summed E-state index contributed by atoms with van der Waals surface area (Å²) in [5.74, 6) is 0. The van der Waals surface area contributed by atoms with Crippen molar-refractivity contribution in [3.05, 3.63) is 60.2 Å². The molecule has 4 rings (SSSR count). The van der Waals surface area contributed by atoms with Crippen LogP contribution < -0.4 is 0 Å². The Balaban J connectivity index is 2.51. The van der Waals surface area contributed by atoms with Gasteiger partial charge in [-0.3, -0.25) is 4.79 Å². The molecule has 0 amide bonds. The van der Waals surface area contributed by atoms with Crippen molar-refractivity contribution in [2.45, 2.75) is 0 Å². The molecule has 0 unspecified atom stereocenters. The fourth-order valence-corrected chi connectivity index (χ4v) is 2.86. The highest BCUT2D eigenvalue weighted by Crippen LogP contribution is 2.35. The quantitative estimate of drug-likeness (QED) is 0.443. The molecule has 0 atom stereocenters. The van der Waals surface area contributed by atoms with Crippen LogP contribution >= 0.6 is 0 Å². The Kier molecular flexibility index (Phi) is 1.76. The van der Waals surface area contributed by atoms with Crippen LogP contribution in [-0.4, -0.2) is 6.29 Å². The van der Waals surface area contributed by atoms with Crippen LogP contribution in [0.25, 0.3) is 32.3 Å². The van der Waals surface area contributed by atoms with Gasteiger partial charge in [0.2, 0.25) is 0 Å². The molecule has 1 heteroatoms. The Labute approximate surface area is 104 Å². The van der Waals surface area contributed by atoms with Crippen LogP contribution in [0.2, 0.25) is 0 Å². The van der Waals surface area contributed by atoms with Gasteiger partial charge in [-0.25, -0.2) is 0 Å². The molecule has 0 spiro atoms. The van der Waals surface area contributed by atoms with Crippen molar-refractivity contribution in [3.8, 4) is 0 Å². The van der Waals surface area contributed by atoms with Gasteiger partial charge in [-0.1, -0.05) is 54.6 Å². The minimum absolute atomic E-state index is 0.758. The van der Waals surface area contributed by atoms with Gasteiger partial charge in [-0.05, 0) is 32.3 Å². The maximum atomic E-state index is 11.2. The van der Waals surface area contributed by atoms with E-state index >= 15 is 0 Å². The van der Waals surface area contributed by atoms with Gasteiger partial charge >= 0.3 is 0 Å². The highest BCUT2D eigenvalue weighted by molar-refractivity contribution is 6.25. The minimum Gasteiger partial charge on any atom is -0.298 e. The molecule has 0 aliphatic heterocycles. The first-order chi connectivity index (χ1) is 8.88. The van der Waals surface area contributed by atoms with Crippen molar-refractivity contribution in [2.24, 2.45) is 0 Å². The average Bonchev–Trinajstić information content (AvgIpc) is 2.88. The molecule has 0 aliphatic rings.